The van der Waals surface area contributed by atoms with Gasteiger partial charge in [0.25, 0.3) is 11.8 Å². The number of ether oxygens (including phenoxy) is 1. The van der Waals surface area contributed by atoms with E-state index in [2.05, 4.69) is 43.8 Å². The van der Waals surface area contributed by atoms with E-state index in [9.17, 15) is 14.4 Å². The van der Waals surface area contributed by atoms with E-state index in [-0.39, 0.29) is 5.57 Å². The standard InChI is InChI=1S/C25H18BrIN2O4/c1-33-22-13-15(12-21(27)18(22)14-16-7-5-6-10-20(16)26)11-19-23(30)28-25(32)29(24(19)31)17-8-3-2-4-9-17/h2-13H,14H2,1H3,(H,28,30,32)/b19-11+. The molecule has 1 heterocycles. The summed E-state index contributed by atoms with van der Waals surface area (Å²) < 4.78 is 7.56. The third-order valence-corrected chi connectivity index (χ3v) is 6.89. The minimum absolute atomic E-state index is 0.130. The van der Waals surface area contributed by atoms with Gasteiger partial charge in [0, 0.05) is 20.0 Å². The van der Waals surface area contributed by atoms with Crippen molar-refractivity contribution in [3.8, 4) is 5.75 Å². The molecule has 1 fully saturated rings. The average Bonchev–Trinajstić information content (AvgIpc) is 2.80. The number of urea groups is 1. The van der Waals surface area contributed by atoms with Gasteiger partial charge >= 0.3 is 6.03 Å². The molecule has 0 bridgehead atoms. The predicted molar refractivity (Wildman–Crippen MR) is 138 cm³/mol. The second-order valence-electron chi connectivity index (χ2n) is 7.25. The van der Waals surface area contributed by atoms with Gasteiger partial charge in [-0.05, 0) is 70.1 Å². The molecule has 0 atom stereocenters. The molecule has 0 radical (unpaired) electrons. The van der Waals surface area contributed by atoms with E-state index >= 15 is 0 Å². The summed E-state index contributed by atoms with van der Waals surface area (Å²) in [7, 11) is 1.58. The monoisotopic (exact) mass is 616 g/mol. The Bertz CT molecular complexity index is 1290. The quantitative estimate of drug-likeness (QED) is 0.239. The molecule has 4 amide bonds. The zero-order valence-electron chi connectivity index (χ0n) is 17.5. The molecule has 6 nitrogen and oxygen atoms in total. The number of nitrogens with zero attached hydrogens (tertiary/aromatic N) is 1. The molecule has 4 rings (SSSR count). The SMILES string of the molecule is COc1cc(/C=C2\C(=O)NC(=O)N(c3ccccc3)C2=O)cc(I)c1Cc1ccccc1Br. The normalized spacial score (nSPS) is 15.1. The molecule has 1 N–H and O–H groups in total. The molecule has 0 aliphatic carbocycles. The van der Waals surface area contributed by atoms with E-state index < -0.39 is 17.8 Å². The molecule has 1 aliphatic heterocycles. The minimum atomic E-state index is -0.774. The fraction of sp³-hybridized carbons (Fsp3) is 0.0800. The highest BCUT2D eigenvalue weighted by Crippen LogP contribution is 2.32. The van der Waals surface area contributed by atoms with Gasteiger partial charge < -0.3 is 4.74 Å². The molecule has 0 spiro atoms. The average molecular weight is 617 g/mol. The van der Waals surface area contributed by atoms with Crippen molar-refractivity contribution in [1.29, 1.82) is 0 Å². The zero-order chi connectivity index (χ0) is 23.5. The highest BCUT2D eigenvalue weighted by molar-refractivity contribution is 14.1. The van der Waals surface area contributed by atoms with Crippen LogP contribution in [0.2, 0.25) is 0 Å². The molecule has 166 valence electrons. The van der Waals surface area contributed by atoms with Crippen molar-refractivity contribution in [3.63, 3.8) is 0 Å². The van der Waals surface area contributed by atoms with Gasteiger partial charge in [0.15, 0.2) is 0 Å². The summed E-state index contributed by atoms with van der Waals surface area (Å²) in [6.07, 6.45) is 2.13. The van der Waals surface area contributed by atoms with Gasteiger partial charge in [0.1, 0.15) is 11.3 Å². The van der Waals surface area contributed by atoms with Gasteiger partial charge in [-0.15, -0.1) is 0 Å². The van der Waals surface area contributed by atoms with Crippen LogP contribution in [0.4, 0.5) is 10.5 Å². The van der Waals surface area contributed by atoms with Gasteiger partial charge in [-0.1, -0.05) is 52.3 Å². The van der Waals surface area contributed by atoms with Crippen molar-refractivity contribution in [2.45, 2.75) is 6.42 Å². The van der Waals surface area contributed by atoms with E-state index in [0.29, 0.717) is 23.4 Å². The highest BCUT2D eigenvalue weighted by Gasteiger charge is 2.36. The van der Waals surface area contributed by atoms with Crippen LogP contribution in [0.3, 0.4) is 0 Å². The van der Waals surface area contributed by atoms with Gasteiger partial charge in [0.05, 0.1) is 12.8 Å². The number of anilines is 1. The van der Waals surface area contributed by atoms with Crippen LogP contribution in [-0.2, 0) is 16.0 Å². The molecule has 8 heteroatoms. The molecular formula is C25H18BrIN2O4. The van der Waals surface area contributed by atoms with E-state index in [0.717, 1.165) is 24.1 Å². The van der Waals surface area contributed by atoms with Gasteiger partial charge in [0.2, 0.25) is 0 Å². The molecule has 1 aliphatic rings. The summed E-state index contributed by atoms with van der Waals surface area (Å²) in [5.74, 6) is -0.770. The lowest BCUT2D eigenvalue weighted by Crippen LogP contribution is -2.54. The number of imide groups is 2. The van der Waals surface area contributed by atoms with E-state index in [1.165, 1.54) is 6.08 Å². The van der Waals surface area contributed by atoms with Crippen molar-refractivity contribution in [1.82, 2.24) is 5.32 Å². The van der Waals surface area contributed by atoms with E-state index in [1.807, 2.05) is 30.3 Å². The largest absolute Gasteiger partial charge is 0.496 e. The maximum Gasteiger partial charge on any atom is 0.335 e. The lowest BCUT2D eigenvalue weighted by Gasteiger charge is -2.26. The lowest BCUT2D eigenvalue weighted by molar-refractivity contribution is -0.122. The molecule has 0 unspecified atom stereocenters. The first kappa shape index (κ1) is 23.2. The first-order valence-corrected chi connectivity index (χ1v) is 11.8. The molecule has 3 aromatic rings. The third-order valence-electron chi connectivity index (χ3n) is 5.15. The van der Waals surface area contributed by atoms with E-state index in [1.54, 1.807) is 43.5 Å². The zero-order valence-corrected chi connectivity index (χ0v) is 21.2. The Kier molecular flexibility index (Phi) is 6.94. The molecule has 0 aromatic heterocycles. The second-order valence-corrected chi connectivity index (χ2v) is 9.26. The first-order chi connectivity index (χ1) is 15.9. The molecule has 1 saturated heterocycles. The predicted octanol–water partition coefficient (Wildman–Crippen LogP) is 5.32. The van der Waals surface area contributed by atoms with Gasteiger partial charge in [-0.25, -0.2) is 9.69 Å². The number of para-hydroxylation sites is 1. The number of barbiturate groups is 1. The van der Waals surface area contributed by atoms with Crippen molar-refractivity contribution >= 4 is 68.1 Å². The summed E-state index contributed by atoms with van der Waals surface area (Å²) in [6, 6.07) is 19.3. The third kappa shape index (κ3) is 4.86. The number of methoxy groups -OCH3 is 1. The molecule has 0 saturated carbocycles. The Morgan fingerprint density at radius 3 is 2.42 bits per heavy atom. The van der Waals surface area contributed by atoms with Crippen LogP contribution in [0.15, 0.2) is 76.8 Å². The van der Waals surface area contributed by atoms with Crippen molar-refractivity contribution in [3.05, 3.63) is 97.0 Å². The summed E-state index contributed by atoms with van der Waals surface area (Å²) >= 11 is 5.80. The summed E-state index contributed by atoms with van der Waals surface area (Å²) in [5, 5.41) is 2.24. The van der Waals surface area contributed by atoms with Gasteiger partial charge in [-0.3, -0.25) is 14.9 Å². The smallest absolute Gasteiger partial charge is 0.335 e. The summed E-state index contributed by atoms with van der Waals surface area (Å²) in [5.41, 5.74) is 2.98. The number of hydrogen-bond donors (Lipinski definition) is 1. The Morgan fingerprint density at radius 1 is 1.03 bits per heavy atom. The number of carbonyl (C=O) groups excluding carboxylic acids is 3. The first-order valence-electron chi connectivity index (χ1n) is 9.95. The molecular weight excluding hydrogens is 599 g/mol. The number of rotatable bonds is 5. The number of amides is 4. The second kappa shape index (κ2) is 9.88. The lowest BCUT2D eigenvalue weighted by atomic mass is 10.0. The van der Waals surface area contributed by atoms with Crippen molar-refractivity contribution in [2.75, 3.05) is 12.0 Å². The maximum absolute atomic E-state index is 13.1. The van der Waals surface area contributed by atoms with Crippen LogP contribution in [0.1, 0.15) is 16.7 Å². The van der Waals surface area contributed by atoms with Crippen LogP contribution in [0.25, 0.3) is 6.08 Å². The van der Waals surface area contributed by atoms with Crippen LogP contribution in [-0.4, -0.2) is 25.0 Å². The topological polar surface area (TPSA) is 75.7 Å². The summed E-state index contributed by atoms with van der Waals surface area (Å²) in [4.78, 5) is 38.9. The number of carbonyl (C=O) groups is 3. The van der Waals surface area contributed by atoms with E-state index in [4.69, 9.17) is 4.74 Å². The summed E-state index contributed by atoms with van der Waals surface area (Å²) in [6.45, 7) is 0. The fourth-order valence-corrected chi connectivity index (χ4v) is 4.78. The number of hydrogen-bond acceptors (Lipinski definition) is 4. The number of nitrogens with one attached hydrogen (secondary N) is 1. The highest BCUT2D eigenvalue weighted by atomic mass is 127. The Balaban J connectivity index is 1.71. The van der Waals surface area contributed by atoms with Crippen LogP contribution in [0, 0.1) is 3.57 Å². The minimum Gasteiger partial charge on any atom is -0.496 e. The van der Waals surface area contributed by atoms with Crippen molar-refractivity contribution in [2.24, 2.45) is 0 Å². The Hall–Kier alpha value is -2.98. The number of halogens is 2. The van der Waals surface area contributed by atoms with Crippen LogP contribution < -0.4 is 15.0 Å². The number of benzene rings is 3. The van der Waals surface area contributed by atoms with Gasteiger partial charge in [-0.2, -0.15) is 0 Å². The fourth-order valence-electron chi connectivity index (χ4n) is 3.54. The van der Waals surface area contributed by atoms with Crippen LogP contribution >= 0.6 is 38.5 Å². The molecule has 33 heavy (non-hydrogen) atoms. The molecule has 3 aromatic carbocycles. The Morgan fingerprint density at radius 2 is 1.73 bits per heavy atom. The maximum atomic E-state index is 13.1. The van der Waals surface area contributed by atoms with Crippen molar-refractivity contribution < 1.29 is 19.1 Å². The Labute approximate surface area is 212 Å². The van der Waals surface area contributed by atoms with Crippen LogP contribution in [0.5, 0.6) is 5.75 Å².